The van der Waals surface area contributed by atoms with E-state index in [1.165, 1.54) is 6.07 Å². The molecule has 122 valence electrons. The molecule has 1 aliphatic rings. The maximum absolute atomic E-state index is 11.0. The lowest BCUT2D eigenvalue weighted by molar-refractivity contribution is -0.389. The van der Waals surface area contributed by atoms with Crippen molar-refractivity contribution in [2.75, 3.05) is 13.7 Å². The molecule has 0 aliphatic carbocycles. The molecule has 1 aromatic carbocycles. The monoisotopic (exact) mass is 319 g/mol. The molecule has 8 nitrogen and oxygen atoms in total. The third kappa shape index (κ3) is 3.33. The van der Waals surface area contributed by atoms with Gasteiger partial charge in [-0.15, -0.1) is 0 Å². The van der Waals surface area contributed by atoms with Gasteiger partial charge in [-0.25, -0.2) is 0 Å². The van der Waals surface area contributed by atoms with Crippen LogP contribution in [0, 0.1) is 10.1 Å². The molecular weight excluding hydrogens is 302 g/mol. The van der Waals surface area contributed by atoms with Gasteiger partial charge in [0, 0.05) is 6.42 Å². The minimum Gasteiger partial charge on any atom is -0.497 e. The maximum atomic E-state index is 11.0. The van der Waals surface area contributed by atoms with Crippen LogP contribution in [0.5, 0.6) is 5.75 Å². The molecule has 1 aliphatic heterocycles. The van der Waals surface area contributed by atoms with Gasteiger partial charge in [-0.05, 0) is 22.6 Å². The predicted molar refractivity (Wildman–Crippen MR) is 80.3 cm³/mol. The molecule has 0 saturated carbocycles. The maximum Gasteiger partial charge on any atom is 0.390 e. The predicted octanol–water partition coefficient (Wildman–Crippen LogP) is 1.67. The zero-order valence-corrected chi connectivity index (χ0v) is 12.6. The van der Waals surface area contributed by atoms with E-state index < -0.39 is 11.0 Å². The summed E-state index contributed by atoms with van der Waals surface area (Å²) in [5.74, 6) is 0.515. The Bertz CT molecular complexity index is 698. The highest BCUT2D eigenvalue weighted by atomic mass is 16.6. The number of aliphatic hydroxyl groups excluding tert-OH is 1. The molecule has 2 heterocycles. The topological polar surface area (TPSA) is 99.7 Å². The first-order valence-corrected chi connectivity index (χ1v) is 7.21. The summed E-state index contributed by atoms with van der Waals surface area (Å²) in [7, 11) is 1.59. The number of nitro groups is 1. The molecule has 0 amide bonds. The van der Waals surface area contributed by atoms with Crippen molar-refractivity contribution in [3.05, 3.63) is 51.7 Å². The highest BCUT2D eigenvalue weighted by molar-refractivity contribution is 5.29. The third-order valence-electron chi connectivity index (χ3n) is 3.78. The summed E-state index contributed by atoms with van der Waals surface area (Å²) in [6.45, 7) is 0.606. The van der Waals surface area contributed by atoms with Crippen LogP contribution in [0.4, 0.5) is 5.82 Å². The molecule has 1 N–H and O–H groups in total. The van der Waals surface area contributed by atoms with E-state index in [0.29, 0.717) is 18.7 Å². The number of aromatic nitrogens is 2. The van der Waals surface area contributed by atoms with Gasteiger partial charge in [-0.1, -0.05) is 12.1 Å². The summed E-state index contributed by atoms with van der Waals surface area (Å²) >= 11 is 0. The largest absolute Gasteiger partial charge is 0.497 e. The lowest BCUT2D eigenvalue weighted by Gasteiger charge is -2.09. The average Bonchev–Trinajstić information content (AvgIpc) is 3.14. The molecule has 0 radical (unpaired) electrons. The normalized spacial score (nSPS) is 20.6. The van der Waals surface area contributed by atoms with E-state index in [1.807, 2.05) is 24.3 Å². The quantitative estimate of drug-likeness (QED) is 0.665. The van der Waals surface area contributed by atoms with Crippen LogP contribution in [0.3, 0.4) is 0 Å². The summed E-state index contributed by atoms with van der Waals surface area (Å²) < 4.78 is 12.2. The third-order valence-corrected chi connectivity index (χ3v) is 3.78. The van der Waals surface area contributed by atoms with Crippen molar-refractivity contribution >= 4 is 5.82 Å². The molecule has 2 atom stereocenters. The molecule has 0 bridgehead atoms. The minimum absolute atomic E-state index is 0.224. The molecule has 1 fully saturated rings. The summed E-state index contributed by atoms with van der Waals surface area (Å²) in [5, 5.41) is 24.7. The Balaban J connectivity index is 1.88. The first-order chi connectivity index (χ1) is 11.1. The van der Waals surface area contributed by atoms with Crippen molar-refractivity contribution in [1.82, 2.24) is 9.78 Å². The highest BCUT2D eigenvalue weighted by Gasteiger charge is 2.31. The molecule has 1 aromatic heterocycles. The fourth-order valence-electron chi connectivity index (χ4n) is 2.61. The molecule has 23 heavy (non-hydrogen) atoms. The zero-order chi connectivity index (χ0) is 16.4. The summed E-state index contributed by atoms with van der Waals surface area (Å²) in [5.41, 5.74) is 1.53. The van der Waals surface area contributed by atoms with Crippen LogP contribution in [-0.2, 0) is 11.3 Å². The van der Waals surface area contributed by atoms with Crippen LogP contribution in [-0.4, -0.2) is 39.6 Å². The van der Waals surface area contributed by atoms with Gasteiger partial charge in [0.15, 0.2) is 0 Å². The number of methoxy groups -OCH3 is 1. The van der Waals surface area contributed by atoms with E-state index in [2.05, 4.69) is 5.10 Å². The van der Waals surface area contributed by atoms with Gasteiger partial charge in [-0.3, -0.25) is 0 Å². The molecule has 1 saturated heterocycles. The average molecular weight is 319 g/mol. The molecule has 0 unspecified atom stereocenters. The second-order valence-electron chi connectivity index (χ2n) is 5.40. The van der Waals surface area contributed by atoms with E-state index in [4.69, 9.17) is 9.47 Å². The molecule has 0 spiro atoms. The van der Waals surface area contributed by atoms with Crippen molar-refractivity contribution < 1.29 is 19.5 Å². The first-order valence-electron chi connectivity index (χ1n) is 7.21. The van der Waals surface area contributed by atoms with Crippen LogP contribution < -0.4 is 4.74 Å². The standard InChI is InChI=1S/C15H17N3O5/c1-22-12-4-2-10(3-5-12)8-17-13(7-15(16-17)18(20)21)14-6-11(19)9-23-14/h2-5,7,11,14,19H,6,8-9H2,1H3/t11-,14-/m0/s1. The van der Waals surface area contributed by atoms with Crippen molar-refractivity contribution in [1.29, 1.82) is 0 Å². The second-order valence-corrected chi connectivity index (χ2v) is 5.40. The first kappa shape index (κ1) is 15.4. The van der Waals surface area contributed by atoms with Gasteiger partial charge in [0.25, 0.3) is 0 Å². The minimum atomic E-state index is -0.552. The molecule has 8 heteroatoms. The van der Waals surface area contributed by atoms with Gasteiger partial charge >= 0.3 is 5.82 Å². The van der Waals surface area contributed by atoms with Crippen molar-refractivity contribution in [3.63, 3.8) is 0 Å². The summed E-state index contributed by atoms with van der Waals surface area (Å²) in [6, 6.07) is 8.80. The van der Waals surface area contributed by atoms with Crippen LogP contribution in [0.2, 0.25) is 0 Å². The molecule has 3 rings (SSSR count). The number of hydrogen-bond acceptors (Lipinski definition) is 6. The number of ether oxygens (including phenoxy) is 2. The fraction of sp³-hybridized carbons (Fsp3) is 0.400. The van der Waals surface area contributed by atoms with Crippen molar-refractivity contribution in [2.24, 2.45) is 0 Å². The SMILES string of the molecule is COc1ccc(Cn2nc([N+](=O)[O-])cc2[C@@H]2C[C@H](O)CO2)cc1. The number of benzene rings is 1. The summed E-state index contributed by atoms with van der Waals surface area (Å²) in [6.07, 6.45) is -0.529. The van der Waals surface area contributed by atoms with Gasteiger partial charge in [0.2, 0.25) is 0 Å². The zero-order valence-electron chi connectivity index (χ0n) is 12.6. The van der Waals surface area contributed by atoms with E-state index >= 15 is 0 Å². The number of hydrogen-bond donors (Lipinski definition) is 1. The number of rotatable bonds is 5. The van der Waals surface area contributed by atoms with Gasteiger partial charge in [-0.2, -0.15) is 4.68 Å². The van der Waals surface area contributed by atoms with Crippen LogP contribution in [0.1, 0.15) is 23.8 Å². The Morgan fingerprint density at radius 1 is 1.48 bits per heavy atom. The number of nitrogens with zero attached hydrogens (tertiary/aromatic N) is 3. The highest BCUT2D eigenvalue weighted by Crippen LogP contribution is 2.31. The van der Waals surface area contributed by atoms with E-state index in [-0.39, 0.29) is 18.5 Å². The van der Waals surface area contributed by atoms with Crippen LogP contribution in [0.25, 0.3) is 0 Å². The number of aliphatic hydroxyl groups is 1. The van der Waals surface area contributed by atoms with Gasteiger partial charge < -0.3 is 24.7 Å². The Kier molecular flexibility index (Phi) is 4.26. The second kappa shape index (κ2) is 6.35. The van der Waals surface area contributed by atoms with E-state index in [1.54, 1.807) is 11.8 Å². The smallest absolute Gasteiger partial charge is 0.390 e. The van der Waals surface area contributed by atoms with Crippen LogP contribution >= 0.6 is 0 Å². The van der Waals surface area contributed by atoms with Crippen molar-refractivity contribution in [2.45, 2.75) is 25.2 Å². The van der Waals surface area contributed by atoms with E-state index in [9.17, 15) is 15.2 Å². The summed E-state index contributed by atoms with van der Waals surface area (Å²) in [4.78, 5) is 10.5. The molecule has 2 aromatic rings. The Morgan fingerprint density at radius 2 is 2.22 bits per heavy atom. The van der Waals surface area contributed by atoms with Gasteiger partial charge in [0.05, 0.1) is 43.2 Å². The van der Waals surface area contributed by atoms with E-state index in [0.717, 1.165) is 11.3 Å². The van der Waals surface area contributed by atoms with Gasteiger partial charge in [0.1, 0.15) is 11.9 Å². The Hall–Kier alpha value is -2.45. The van der Waals surface area contributed by atoms with Crippen LogP contribution in [0.15, 0.2) is 30.3 Å². The fourth-order valence-corrected chi connectivity index (χ4v) is 2.61. The van der Waals surface area contributed by atoms with Crippen molar-refractivity contribution in [3.8, 4) is 5.75 Å². The lowest BCUT2D eigenvalue weighted by atomic mass is 10.1. The molecular formula is C15H17N3O5. The lowest BCUT2D eigenvalue weighted by Crippen LogP contribution is -2.10. The Morgan fingerprint density at radius 3 is 2.78 bits per heavy atom. The Labute approximate surface area is 132 Å².